The van der Waals surface area contributed by atoms with Crippen LogP contribution >= 0.6 is 0 Å². The number of halogens is 3. The minimum absolute atomic E-state index is 0.000352. The number of benzene rings is 2. The van der Waals surface area contributed by atoms with E-state index in [0.717, 1.165) is 22.0 Å². The quantitative estimate of drug-likeness (QED) is 0.465. The number of rotatable bonds is 6. The number of nitrogens with one attached hydrogen (secondary N) is 2. The maximum atomic E-state index is 14.1. The highest BCUT2D eigenvalue weighted by atomic mass is 19.4. The summed E-state index contributed by atoms with van der Waals surface area (Å²) in [4.78, 5) is 13.1. The van der Waals surface area contributed by atoms with Crippen molar-refractivity contribution in [1.82, 2.24) is 9.78 Å². The molecular formula is C25H27F3N4O4. The van der Waals surface area contributed by atoms with E-state index in [1.54, 1.807) is 24.3 Å². The van der Waals surface area contributed by atoms with Crippen LogP contribution in [0.4, 0.5) is 24.7 Å². The summed E-state index contributed by atoms with van der Waals surface area (Å²) in [5.41, 5.74) is 3.04. The van der Waals surface area contributed by atoms with Crippen LogP contribution in [0.2, 0.25) is 0 Å². The molecule has 0 fully saturated rings. The van der Waals surface area contributed by atoms with E-state index in [2.05, 4.69) is 15.7 Å². The Morgan fingerprint density at radius 1 is 1.06 bits per heavy atom. The van der Waals surface area contributed by atoms with Gasteiger partial charge in [0.1, 0.15) is 11.4 Å². The smallest absolute Gasteiger partial charge is 0.410 e. The first kappa shape index (κ1) is 25.2. The standard InChI is InChI=1S/C25H27F3N4O4/c1-13-6-7-16(8-14(13)2)30-24(33)17-12-29-32-21(25(26,27)28)11-18(31-23(17)32)15-9-19(34-3)22(36-5)20(10-15)35-4/h6-10,12,18,21,31H,11H2,1-5H3,(H,30,33)/t18-,21-/m1/s1. The number of aryl methyl sites for hydroxylation is 2. The summed E-state index contributed by atoms with van der Waals surface area (Å²) in [6.07, 6.45) is -3.80. The van der Waals surface area contributed by atoms with Gasteiger partial charge in [0.2, 0.25) is 5.75 Å². The first-order valence-electron chi connectivity index (χ1n) is 11.2. The predicted molar refractivity (Wildman–Crippen MR) is 128 cm³/mol. The second-order valence-corrected chi connectivity index (χ2v) is 8.55. The van der Waals surface area contributed by atoms with Crippen molar-refractivity contribution >= 4 is 17.4 Å². The largest absolute Gasteiger partial charge is 0.493 e. The zero-order chi connectivity index (χ0) is 26.2. The number of alkyl halides is 3. The third-order valence-electron chi connectivity index (χ3n) is 6.34. The van der Waals surface area contributed by atoms with Crippen LogP contribution in [-0.4, -0.2) is 43.2 Å². The number of hydrogen-bond acceptors (Lipinski definition) is 6. The number of hydrogen-bond donors (Lipinski definition) is 2. The molecule has 0 radical (unpaired) electrons. The van der Waals surface area contributed by atoms with Crippen LogP contribution in [0.15, 0.2) is 36.5 Å². The number of ether oxygens (including phenoxy) is 3. The van der Waals surface area contributed by atoms with Crippen molar-refractivity contribution in [2.45, 2.75) is 38.5 Å². The molecule has 1 aliphatic rings. The van der Waals surface area contributed by atoms with Gasteiger partial charge in [-0.2, -0.15) is 18.3 Å². The molecule has 0 saturated carbocycles. The molecule has 0 bridgehead atoms. The molecule has 1 aliphatic heterocycles. The lowest BCUT2D eigenvalue weighted by atomic mass is 9.95. The topological polar surface area (TPSA) is 86.6 Å². The molecule has 192 valence electrons. The molecule has 1 amide bonds. The van der Waals surface area contributed by atoms with Crippen molar-refractivity contribution in [2.24, 2.45) is 0 Å². The Balaban J connectivity index is 1.73. The molecule has 4 rings (SSSR count). The predicted octanol–water partition coefficient (Wildman–Crippen LogP) is 5.44. The van der Waals surface area contributed by atoms with E-state index in [1.807, 2.05) is 19.9 Å². The molecule has 2 atom stereocenters. The summed E-state index contributed by atoms with van der Waals surface area (Å²) in [6, 6.07) is 5.82. The van der Waals surface area contributed by atoms with Crippen molar-refractivity contribution < 1.29 is 32.2 Å². The molecule has 0 spiro atoms. The molecule has 8 nitrogen and oxygen atoms in total. The summed E-state index contributed by atoms with van der Waals surface area (Å²) in [7, 11) is 4.30. The van der Waals surface area contributed by atoms with E-state index < -0.39 is 24.2 Å². The number of aromatic nitrogens is 2. The van der Waals surface area contributed by atoms with Crippen LogP contribution < -0.4 is 24.8 Å². The zero-order valence-corrected chi connectivity index (χ0v) is 20.5. The lowest BCUT2D eigenvalue weighted by Gasteiger charge is -2.34. The number of carbonyl (C=O) groups excluding carboxylic acids is 1. The summed E-state index contributed by atoms with van der Waals surface area (Å²) >= 11 is 0. The van der Waals surface area contributed by atoms with Gasteiger partial charge in [0.15, 0.2) is 17.5 Å². The van der Waals surface area contributed by atoms with E-state index in [4.69, 9.17) is 14.2 Å². The average molecular weight is 505 g/mol. The van der Waals surface area contributed by atoms with Crippen LogP contribution in [0.1, 0.15) is 45.6 Å². The maximum Gasteiger partial charge on any atom is 0.410 e. The molecule has 0 aliphatic carbocycles. The molecule has 2 aromatic carbocycles. The van der Waals surface area contributed by atoms with Crippen LogP contribution in [0.5, 0.6) is 17.2 Å². The molecule has 0 saturated heterocycles. The average Bonchev–Trinajstić information content (AvgIpc) is 3.28. The van der Waals surface area contributed by atoms with E-state index >= 15 is 0 Å². The third-order valence-corrected chi connectivity index (χ3v) is 6.34. The van der Waals surface area contributed by atoms with Crippen molar-refractivity contribution in [3.63, 3.8) is 0 Å². The maximum absolute atomic E-state index is 14.1. The zero-order valence-electron chi connectivity index (χ0n) is 20.5. The van der Waals surface area contributed by atoms with Gasteiger partial charge in [0, 0.05) is 12.1 Å². The second kappa shape index (κ2) is 9.63. The number of fused-ring (bicyclic) bond motifs is 1. The van der Waals surface area contributed by atoms with Gasteiger partial charge in [-0.25, -0.2) is 4.68 Å². The Kier molecular flexibility index (Phi) is 6.75. The molecule has 2 N–H and O–H groups in total. The van der Waals surface area contributed by atoms with Crippen LogP contribution in [0.3, 0.4) is 0 Å². The Morgan fingerprint density at radius 3 is 2.28 bits per heavy atom. The van der Waals surface area contributed by atoms with Crippen LogP contribution in [-0.2, 0) is 0 Å². The van der Waals surface area contributed by atoms with E-state index in [9.17, 15) is 18.0 Å². The fraction of sp³-hybridized carbons (Fsp3) is 0.360. The third kappa shape index (κ3) is 4.65. The van der Waals surface area contributed by atoms with Gasteiger partial charge < -0.3 is 24.8 Å². The number of amides is 1. The van der Waals surface area contributed by atoms with E-state index in [-0.39, 0.29) is 17.8 Å². The lowest BCUT2D eigenvalue weighted by Crippen LogP contribution is -2.36. The molecule has 0 unspecified atom stereocenters. The number of anilines is 2. The van der Waals surface area contributed by atoms with E-state index in [0.29, 0.717) is 28.5 Å². The summed E-state index contributed by atoms with van der Waals surface area (Å²) in [5.74, 6) is 0.348. The molecule has 36 heavy (non-hydrogen) atoms. The number of nitrogens with zero attached hydrogens (tertiary/aromatic N) is 2. The summed E-state index contributed by atoms with van der Waals surface area (Å²) < 4.78 is 59.2. The van der Waals surface area contributed by atoms with Gasteiger partial charge in [-0.3, -0.25) is 4.79 Å². The number of methoxy groups -OCH3 is 3. The minimum Gasteiger partial charge on any atom is -0.493 e. The highest BCUT2D eigenvalue weighted by Crippen LogP contribution is 2.47. The molecular weight excluding hydrogens is 477 g/mol. The molecule has 3 aromatic rings. The number of carbonyl (C=O) groups is 1. The fourth-order valence-corrected chi connectivity index (χ4v) is 4.27. The molecule has 2 heterocycles. The summed E-state index contributed by atoms with van der Waals surface area (Å²) in [5, 5.41) is 9.76. The Labute approximate surface area is 206 Å². The van der Waals surface area contributed by atoms with Crippen molar-refractivity contribution in [3.8, 4) is 17.2 Å². The highest BCUT2D eigenvalue weighted by molar-refractivity contribution is 6.07. The second-order valence-electron chi connectivity index (χ2n) is 8.55. The molecule has 11 heteroatoms. The SMILES string of the molecule is COc1cc([C@H]2C[C@H](C(F)(F)F)n3ncc(C(=O)Nc4ccc(C)c(C)c4)c3N2)cc(OC)c1OC. The Morgan fingerprint density at radius 2 is 1.72 bits per heavy atom. The Hall–Kier alpha value is -3.89. The van der Waals surface area contributed by atoms with E-state index in [1.165, 1.54) is 21.3 Å². The van der Waals surface area contributed by atoms with Crippen molar-refractivity contribution in [3.05, 3.63) is 58.8 Å². The first-order valence-corrected chi connectivity index (χ1v) is 11.2. The Bertz CT molecular complexity index is 1260. The normalized spacial score (nSPS) is 17.1. The monoisotopic (exact) mass is 504 g/mol. The first-order chi connectivity index (χ1) is 17.1. The molecule has 1 aromatic heterocycles. The van der Waals surface area contributed by atoms with Gasteiger partial charge in [0.25, 0.3) is 5.91 Å². The fourth-order valence-electron chi connectivity index (χ4n) is 4.27. The van der Waals surface area contributed by atoms with Gasteiger partial charge in [-0.1, -0.05) is 6.07 Å². The van der Waals surface area contributed by atoms with Crippen LogP contribution in [0, 0.1) is 13.8 Å². The minimum atomic E-state index is -4.59. The summed E-state index contributed by atoms with van der Waals surface area (Å²) in [6.45, 7) is 3.85. The van der Waals surface area contributed by atoms with Crippen LogP contribution in [0.25, 0.3) is 0 Å². The lowest BCUT2D eigenvalue weighted by molar-refractivity contribution is -0.173. The van der Waals surface area contributed by atoms with Crippen molar-refractivity contribution in [1.29, 1.82) is 0 Å². The van der Waals surface area contributed by atoms with Gasteiger partial charge >= 0.3 is 6.18 Å². The van der Waals surface area contributed by atoms with Crippen molar-refractivity contribution in [2.75, 3.05) is 32.0 Å². The van der Waals surface area contributed by atoms with Gasteiger partial charge in [0.05, 0.1) is 33.6 Å². The van der Waals surface area contributed by atoms with Gasteiger partial charge in [-0.05, 0) is 54.8 Å². The van der Waals surface area contributed by atoms with Gasteiger partial charge in [-0.15, -0.1) is 0 Å². The highest BCUT2D eigenvalue weighted by Gasteiger charge is 2.47.